The van der Waals surface area contributed by atoms with Crippen LogP contribution in [0.2, 0.25) is 0 Å². The van der Waals surface area contributed by atoms with Crippen molar-refractivity contribution in [2.45, 2.75) is 45.2 Å². The van der Waals surface area contributed by atoms with Gasteiger partial charge in [-0.3, -0.25) is 4.68 Å². The highest BCUT2D eigenvalue weighted by Gasteiger charge is 2.19. The lowest BCUT2D eigenvalue weighted by Crippen LogP contribution is -2.16. The van der Waals surface area contributed by atoms with Gasteiger partial charge in [-0.1, -0.05) is 13.0 Å². The Morgan fingerprint density at radius 2 is 2.44 bits per heavy atom. The van der Waals surface area contributed by atoms with Gasteiger partial charge in [0.15, 0.2) is 0 Å². The Bertz CT molecular complexity index is 337. The highest BCUT2D eigenvalue weighted by Crippen LogP contribution is 2.18. The fourth-order valence-corrected chi connectivity index (χ4v) is 1.75. The monoisotopic (exact) mass is 219 g/mol. The summed E-state index contributed by atoms with van der Waals surface area (Å²) < 4.78 is 2.06. The summed E-state index contributed by atoms with van der Waals surface area (Å²) in [6.07, 6.45) is 11.3. The molecular formula is C13H21N3. The number of nitrogens with zero attached hydrogens (tertiary/aromatic N) is 2. The molecule has 3 heteroatoms. The average Bonchev–Trinajstić information content (AvgIpc) is 3.00. The quantitative estimate of drug-likeness (QED) is 0.714. The van der Waals surface area contributed by atoms with Crippen LogP contribution in [0.15, 0.2) is 18.3 Å². The van der Waals surface area contributed by atoms with E-state index in [1.54, 1.807) is 0 Å². The summed E-state index contributed by atoms with van der Waals surface area (Å²) in [7, 11) is 0. The first-order chi connectivity index (χ1) is 7.90. The van der Waals surface area contributed by atoms with Gasteiger partial charge in [0.2, 0.25) is 0 Å². The maximum atomic E-state index is 4.29. The predicted molar refractivity (Wildman–Crippen MR) is 67.2 cm³/mol. The molecule has 0 atom stereocenters. The molecule has 1 saturated carbocycles. The summed E-state index contributed by atoms with van der Waals surface area (Å²) in [4.78, 5) is 0. The van der Waals surface area contributed by atoms with Crippen LogP contribution in [0.4, 0.5) is 0 Å². The Balaban J connectivity index is 1.73. The van der Waals surface area contributed by atoms with Crippen LogP contribution in [0, 0.1) is 0 Å². The van der Waals surface area contributed by atoms with Crippen LogP contribution < -0.4 is 5.32 Å². The molecular weight excluding hydrogens is 198 g/mol. The third-order valence-corrected chi connectivity index (χ3v) is 2.79. The van der Waals surface area contributed by atoms with Crippen molar-refractivity contribution in [1.29, 1.82) is 0 Å². The Hall–Kier alpha value is -1.09. The molecule has 88 valence electrons. The average molecular weight is 219 g/mol. The smallest absolute Gasteiger partial charge is 0.0606 e. The first-order valence-corrected chi connectivity index (χ1v) is 6.32. The maximum absolute atomic E-state index is 4.29. The minimum atomic E-state index is 0.819. The van der Waals surface area contributed by atoms with Crippen molar-refractivity contribution in [1.82, 2.24) is 15.1 Å². The van der Waals surface area contributed by atoms with Crippen molar-refractivity contribution in [3.63, 3.8) is 0 Å². The van der Waals surface area contributed by atoms with E-state index >= 15 is 0 Å². The lowest BCUT2D eigenvalue weighted by Gasteiger charge is -2.01. The van der Waals surface area contributed by atoms with E-state index in [1.165, 1.54) is 18.5 Å². The summed E-state index contributed by atoms with van der Waals surface area (Å²) in [6.45, 7) is 4.28. The largest absolute Gasteiger partial charge is 0.314 e. The first-order valence-electron chi connectivity index (χ1n) is 6.32. The third-order valence-electron chi connectivity index (χ3n) is 2.79. The minimum Gasteiger partial charge on any atom is -0.314 e. The molecule has 1 aliphatic rings. The molecule has 0 aliphatic heterocycles. The molecule has 1 aliphatic carbocycles. The molecule has 1 fully saturated rings. The summed E-state index contributed by atoms with van der Waals surface area (Å²) in [5.74, 6) is 0. The SMILES string of the molecule is CCCn1nccc1C=CCCNC1CC1. The second kappa shape index (κ2) is 5.85. The predicted octanol–water partition coefficient (Wildman–Crippen LogP) is 2.45. The fourth-order valence-electron chi connectivity index (χ4n) is 1.75. The second-order valence-corrected chi connectivity index (χ2v) is 4.40. The van der Waals surface area contributed by atoms with Gasteiger partial charge in [0.1, 0.15) is 0 Å². The van der Waals surface area contributed by atoms with E-state index < -0.39 is 0 Å². The molecule has 2 rings (SSSR count). The molecule has 0 saturated heterocycles. The van der Waals surface area contributed by atoms with Crippen LogP contribution in [0.3, 0.4) is 0 Å². The summed E-state index contributed by atoms with van der Waals surface area (Å²) in [6, 6.07) is 2.89. The Morgan fingerprint density at radius 1 is 1.56 bits per heavy atom. The molecule has 0 aromatic carbocycles. The molecule has 16 heavy (non-hydrogen) atoms. The van der Waals surface area contributed by atoms with E-state index in [9.17, 15) is 0 Å². The number of rotatable bonds is 7. The first kappa shape index (κ1) is 11.4. The Kier molecular flexibility index (Phi) is 4.17. The Morgan fingerprint density at radius 3 is 3.19 bits per heavy atom. The van der Waals surface area contributed by atoms with Gasteiger partial charge < -0.3 is 5.32 Å². The van der Waals surface area contributed by atoms with Gasteiger partial charge >= 0.3 is 0 Å². The van der Waals surface area contributed by atoms with Crippen molar-refractivity contribution >= 4 is 6.08 Å². The van der Waals surface area contributed by atoms with Gasteiger partial charge in [0.05, 0.1) is 5.69 Å². The number of aryl methyl sites for hydroxylation is 1. The van der Waals surface area contributed by atoms with Crippen molar-refractivity contribution < 1.29 is 0 Å². The van der Waals surface area contributed by atoms with Gasteiger partial charge in [-0.15, -0.1) is 0 Å². The van der Waals surface area contributed by atoms with E-state index in [1.807, 2.05) is 6.20 Å². The fraction of sp³-hybridized carbons (Fsp3) is 0.615. The standard InChI is InChI=1S/C13H21N3/c1-2-11-16-13(8-10-15-16)5-3-4-9-14-12-6-7-12/h3,5,8,10,12,14H,2,4,6-7,9,11H2,1H3. The molecule has 1 aromatic heterocycles. The molecule has 1 heterocycles. The van der Waals surface area contributed by atoms with E-state index in [0.717, 1.165) is 32.0 Å². The van der Waals surface area contributed by atoms with Gasteiger partial charge in [-0.05, 0) is 44.4 Å². The zero-order chi connectivity index (χ0) is 11.2. The number of hydrogen-bond donors (Lipinski definition) is 1. The normalized spacial score (nSPS) is 16.1. The highest BCUT2D eigenvalue weighted by molar-refractivity contribution is 5.44. The molecule has 3 nitrogen and oxygen atoms in total. The third kappa shape index (κ3) is 3.49. The van der Waals surface area contributed by atoms with Crippen molar-refractivity contribution in [2.24, 2.45) is 0 Å². The summed E-state index contributed by atoms with van der Waals surface area (Å²) in [5.41, 5.74) is 1.22. The number of nitrogens with one attached hydrogen (secondary N) is 1. The molecule has 0 radical (unpaired) electrons. The van der Waals surface area contributed by atoms with E-state index in [2.05, 4.69) is 40.2 Å². The van der Waals surface area contributed by atoms with Crippen LogP contribution >= 0.6 is 0 Å². The van der Waals surface area contributed by atoms with Crippen molar-refractivity contribution in [3.8, 4) is 0 Å². The van der Waals surface area contributed by atoms with Crippen LogP contribution in [0.1, 0.15) is 38.3 Å². The summed E-state index contributed by atoms with van der Waals surface area (Å²) in [5, 5.41) is 7.80. The Labute approximate surface area is 97.5 Å². The van der Waals surface area contributed by atoms with E-state index in [0.29, 0.717) is 0 Å². The second-order valence-electron chi connectivity index (χ2n) is 4.40. The van der Waals surface area contributed by atoms with Crippen molar-refractivity contribution in [3.05, 3.63) is 24.0 Å². The van der Waals surface area contributed by atoms with Gasteiger partial charge in [0.25, 0.3) is 0 Å². The lowest BCUT2D eigenvalue weighted by atomic mass is 10.3. The van der Waals surface area contributed by atoms with Crippen LogP contribution in [-0.2, 0) is 6.54 Å². The zero-order valence-electron chi connectivity index (χ0n) is 10.0. The van der Waals surface area contributed by atoms with Gasteiger partial charge in [-0.25, -0.2) is 0 Å². The lowest BCUT2D eigenvalue weighted by molar-refractivity contribution is 0.598. The van der Waals surface area contributed by atoms with Crippen molar-refractivity contribution in [2.75, 3.05) is 6.54 Å². The van der Waals surface area contributed by atoms with E-state index in [-0.39, 0.29) is 0 Å². The van der Waals surface area contributed by atoms with E-state index in [4.69, 9.17) is 0 Å². The maximum Gasteiger partial charge on any atom is 0.0606 e. The van der Waals surface area contributed by atoms with Gasteiger partial charge in [-0.2, -0.15) is 5.10 Å². The van der Waals surface area contributed by atoms with Crippen LogP contribution in [0.25, 0.3) is 6.08 Å². The topological polar surface area (TPSA) is 29.9 Å². The van der Waals surface area contributed by atoms with Gasteiger partial charge in [0, 0.05) is 18.8 Å². The zero-order valence-corrected chi connectivity index (χ0v) is 10.0. The molecule has 0 spiro atoms. The number of aromatic nitrogens is 2. The molecule has 1 aromatic rings. The highest BCUT2D eigenvalue weighted by atomic mass is 15.3. The molecule has 0 bridgehead atoms. The molecule has 0 amide bonds. The molecule has 1 N–H and O–H groups in total. The summed E-state index contributed by atoms with van der Waals surface area (Å²) >= 11 is 0. The van der Waals surface area contributed by atoms with Crippen LogP contribution in [-0.4, -0.2) is 22.4 Å². The molecule has 0 unspecified atom stereocenters. The number of hydrogen-bond acceptors (Lipinski definition) is 2. The van der Waals surface area contributed by atoms with Crippen LogP contribution in [0.5, 0.6) is 0 Å². The minimum absolute atomic E-state index is 0.819.